The van der Waals surface area contributed by atoms with E-state index in [4.69, 9.17) is 5.11 Å². The molecule has 1 aliphatic rings. The SMILES string of the molecule is COC(=O)N1CCN(C)C[C@@H]1C(=O)O. The van der Waals surface area contributed by atoms with Crippen LogP contribution in [0.2, 0.25) is 0 Å². The molecule has 6 nitrogen and oxygen atoms in total. The summed E-state index contributed by atoms with van der Waals surface area (Å²) >= 11 is 0. The average Bonchev–Trinajstić information content (AvgIpc) is 2.16. The van der Waals surface area contributed by atoms with Crippen molar-refractivity contribution in [2.45, 2.75) is 6.04 Å². The van der Waals surface area contributed by atoms with Crippen molar-refractivity contribution in [1.82, 2.24) is 9.80 Å². The van der Waals surface area contributed by atoms with Crippen LogP contribution in [0.25, 0.3) is 0 Å². The maximum Gasteiger partial charge on any atom is 0.410 e. The summed E-state index contributed by atoms with van der Waals surface area (Å²) in [5.41, 5.74) is 0. The van der Waals surface area contributed by atoms with Gasteiger partial charge >= 0.3 is 12.1 Å². The second-order valence-electron chi connectivity index (χ2n) is 3.28. The first-order valence-electron chi connectivity index (χ1n) is 4.32. The van der Waals surface area contributed by atoms with Gasteiger partial charge in [0, 0.05) is 19.6 Å². The van der Waals surface area contributed by atoms with Gasteiger partial charge in [-0.25, -0.2) is 9.59 Å². The molecule has 1 saturated heterocycles. The van der Waals surface area contributed by atoms with Gasteiger partial charge in [0.2, 0.25) is 0 Å². The van der Waals surface area contributed by atoms with Crippen molar-refractivity contribution in [3.05, 3.63) is 0 Å². The van der Waals surface area contributed by atoms with E-state index in [-0.39, 0.29) is 0 Å². The van der Waals surface area contributed by atoms with Crippen molar-refractivity contribution in [2.24, 2.45) is 0 Å². The fraction of sp³-hybridized carbons (Fsp3) is 0.750. The number of amides is 1. The second kappa shape index (κ2) is 4.28. The first kappa shape index (κ1) is 10.8. The van der Waals surface area contributed by atoms with Crippen LogP contribution in [-0.2, 0) is 9.53 Å². The van der Waals surface area contributed by atoms with E-state index in [1.807, 2.05) is 11.9 Å². The number of hydrogen-bond donors (Lipinski definition) is 1. The van der Waals surface area contributed by atoms with Gasteiger partial charge < -0.3 is 14.7 Å². The molecule has 0 aromatic heterocycles. The van der Waals surface area contributed by atoms with Crippen molar-refractivity contribution < 1.29 is 19.4 Å². The molecule has 0 aromatic rings. The van der Waals surface area contributed by atoms with Crippen molar-refractivity contribution in [2.75, 3.05) is 33.8 Å². The predicted octanol–water partition coefficient (Wildman–Crippen LogP) is -0.547. The summed E-state index contributed by atoms with van der Waals surface area (Å²) in [6.45, 7) is 1.39. The Kier molecular flexibility index (Phi) is 3.29. The third-order valence-corrected chi connectivity index (χ3v) is 2.28. The maximum absolute atomic E-state index is 11.2. The molecule has 1 amide bonds. The zero-order valence-corrected chi connectivity index (χ0v) is 8.27. The number of likely N-dealkylation sites (N-methyl/N-ethyl adjacent to an activating group) is 1. The monoisotopic (exact) mass is 202 g/mol. The lowest BCUT2D eigenvalue weighted by molar-refractivity contribution is -0.144. The Balaban J connectivity index is 2.72. The minimum Gasteiger partial charge on any atom is -0.480 e. The van der Waals surface area contributed by atoms with Gasteiger partial charge in [0.25, 0.3) is 0 Å². The summed E-state index contributed by atoms with van der Waals surface area (Å²) in [5, 5.41) is 8.89. The lowest BCUT2D eigenvalue weighted by Crippen LogP contribution is -2.57. The normalized spacial score (nSPS) is 23.3. The van der Waals surface area contributed by atoms with Crippen LogP contribution >= 0.6 is 0 Å². The van der Waals surface area contributed by atoms with E-state index in [2.05, 4.69) is 4.74 Å². The Labute approximate surface area is 82.0 Å². The molecule has 80 valence electrons. The largest absolute Gasteiger partial charge is 0.480 e. The average molecular weight is 202 g/mol. The van der Waals surface area contributed by atoms with Crippen molar-refractivity contribution in [3.8, 4) is 0 Å². The van der Waals surface area contributed by atoms with Crippen molar-refractivity contribution in [1.29, 1.82) is 0 Å². The van der Waals surface area contributed by atoms with E-state index in [1.54, 1.807) is 0 Å². The molecule has 1 fully saturated rings. The molecule has 6 heteroatoms. The number of carbonyl (C=O) groups excluding carboxylic acids is 1. The summed E-state index contributed by atoms with van der Waals surface area (Å²) in [6, 6.07) is -0.804. The van der Waals surface area contributed by atoms with Crippen LogP contribution in [0.5, 0.6) is 0 Å². The van der Waals surface area contributed by atoms with Gasteiger partial charge in [0.15, 0.2) is 0 Å². The summed E-state index contributed by atoms with van der Waals surface area (Å²) < 4.78 is 4.51. The fourth-order valence-corrected chi connectivity index (χ4v) is 1.47. The first-order chi connectivity index (χ1) is 6.56. The van der Waals surface area contributed by atoms with E-state index in [1.165, 1.54) is 12.0 Å². The Morgan fingerprint density at radius 3 is 2.57 bits per heavy atom. The highest BCUT2D eigenvalue weighted by molar-refractivity contribution is 5.80. The molecule has 0 aromatic carbocycles. The summed E-state index contributed by atoms with van der Waals surface area (Å²) in [5.74, 6) is -0.998. The van der Waals surface area contributed by atoms with E-state index in [0.717, 1.165) is 0 Å². The minimum atomic E-state index is -0.998. The van der Waals surface area contributed by atoms with Gasteiger partial charge in [-0.1, -0.05) is 0 Å². The molecule has 0 aliphatic carbocycles. The summed E-state index contributed by atoms with van der Waals surface area (Å²) in [4.78, 5) is 25.2. The zero-order chi connectivity index (χ0) is 10.7. The third kappa shape index (κ3) is 2.14. The predicted molar refractivity (Wildman–Crippen MR) is 48.0 cm³/mol. The minimum absolute atomic E-state index is 0.338. The standard InChI is InChI=1S/C8H14N2O4/c1-9-3-4-10(8(13)14-2)6(5-9)7(11)12/h6H,3-5H2,1-2H3,(H,11,12)/t6-/m1/s1. The van der Waals surface area contributed by atoms with E-state index in [0.29, 0.717) is 19.6 Å². The molecule has 0 bridgehead atoms. The third-order valence-electron chi connectivity index (χ3n) is 2.28. The van der Waals surface area contributed by atoms with Crippen LogP contribution in [0.3, 0.4) is 0 Å². The van der Waals surface area contributed by atoms with Gasteiger partial charge in [-0.15, -0.1) is 0 Å². The molecular formula is C8H14N2O4. The quantitative estimate of drug-likeness (QED) is 0.618. The highest BCUT2D eigenvalue weighted by Crippen LogP contribution is 2.09. The number of piperazine rings is 1. The number of carbonyl (C=O) groups is 2. The van der Waals surface area contributed by atoms with Crippen LogP contribution < -0.4 is 0 Å². The molecule has 0 radical (unpaired) electrons. The molecule has 1 atom stereocenters. The smallest absolute Gasteiger partial charge is 0.410 e. The molecule has 1 aliphatic heterocycles. The number of methoxy groups -OCH3 is 1. The maximum atomic E-state index is 11.2. The lowest BCUT2D eigenvalue weighted by Gasteiger charge is -2.36. The molecule has 0 unspecified atom stereocenters. The molecule has 0 saturated carbocycles. The topological polar surface area (TPSA) is 70.1 Å². The lowest BCUT2D eigenvalue weighted by atomic mass is 10.2. The molecule has 0 spiro atoms. The first-order valence-corrected chi connectivity index (χ1v) is 4.32. The summed E-state index contributed by atoms with van der Waals surface area (Å²) in [7, 11) is 3.07. The highest BCUT2D eigenvalue weighted by Gasteiger charge is 2.34. The Morgan fingerprint density at radius 1 is 1.43 bits per heavy atom. The Hall–Kier alpha value is -1.30. The van der Waals surface area contributed by atoms with Crippen molar-refractivity contribution >= 4 is 12.1 Å². The highest BCUT2D eigenvalue weighted by atomic mass is 16.5. The Morgan fingerprint density at radius 2 is 2.07 bits per heavy atom. The number of carboxylic acids is 1. The molecular weight excluding hydrogens is 188 g/mol. The van der Waals surface area contributed by atoms with Crippen LogP contribution in [0, 0.1) is 0 Å². The van der Waals surface area contributed by atoms with Crippen LogP contribution in [0.4, 0.5) is 4.79 Å². The molecule has 1 heterocycles. The second-order valence-corrected chi connectivity index (χ2v) is 3.28. The number of aliphatic carboxylic acids is 1. The Bertz CT molecular complexity index is 243. The van der Waals surface area contributed by atoms with Crippen LogP contribution in [0.1, 0.15) is 0 Å². The molecule has 14 heavy (non-hydrogen) atoms. The van der Waals surface area contributed by atoms with E-state index in [9.17, 15) is 9.59 Å². The molecule has 1 rings (SSSR count). The van der Waals surface area contributed by atoms with Gasteiger partial charge in [-0.3, -0.25) is 4.90 Å². The number of carboxylic acid groups (broad SMARTS) is 1. The van der Waals surface area contributed by atoms with E-state index < -0.39 is 18.1 Å². The summed E-state index contributed by atoms with van der Waals surface area (Å²) in [6.07, 6.45) is -0.578. The fourth-order valence-electron chi connectivity index (χ4n) is 1.47. The number of nitrogens with zero attached hydrogens (tertiary/aromatic N) is 2. The number of hydrogen-bond acceptors (Lipinski definition) is 4. The van der Waals surface area contributed by atoms with Crippen LogP contribution in [0.15, 0.2) is 0 Å². The number of rotatable bonds is 1. The van der Waals surface area contributed by atoms with Crippen molar-refractivity contribution in [3.63, 3.8) is 0 Å². The van der Waals surface area contributed by atoms with Gasteiger partial charge in [0.05, 0.1) is 7.11 Å². The van der Waals surface area contributed by atoms with Crippen LogP contribution in [-0.4, -0.2) is 66.8 Å². The van der Waals surface area contributed by atoms with E-state index >= 15 is 0 Å². The van der Waals surface area contributed by atoms with Gasteiger partial charge in [-0.2, -0.15) is 0 Å². The zero-order valence-electron chi connectivity index (χ0n) is 8.27. The molecule has 1 N–H and O–H groups in total. The number of ether oxygens (including phenoxy) is 1. The van der Waals surface area contributed by atoms with Gasteiger partial charge in [-0.05, 0) is 7.05 Å². The van der Waals surface area contributed by atoms with Gasteiger partial charge in [0.1, 0.15) is 6.04 Å².